The quantitative estimate of drug-likeness (QED) is 0.387. The third-order valence-electron chi connectivity index (χ3n) is 4.53. The average Bonchev–Trinajstić information content (AvgIpc) is 3.21. The summed E-state index contributed by atoms with van der Waals surface area (Å²) in [5.74, 6) is -1.08. The second-order valence-corrected chi connectivity index (χ2v) is 7.08. The van der Waals surface area contributed by atoms with E-state index in [1.807, 2.05) is 0 Å². The Morgan fingerprint density at radius 3 is 2.74 bits per heavy atom. The van der Waals surface area contributed by atoms with Crippen molar-refractivity contribution in [3.8, 4) is 11.3 Å². The number of anilines is 1. The molecule has 1 atom stereocenters. The maximum absolute atomic E-state index is 12.3. The predicted molar refractivity (Wildman–Crippen MR) is 119 cm³/mol. The Morgan fingerprint density at radius 2 is 2.06 bits per heavy atom. The summed E-state index contributed by atoms with van der Waals surface area (Å²) < 4.78 is 38.3. The number of hydrogen-bond donors (Lipinski definition) is 4. The first-order valence-electron chi connectivity index (χ1n) is 9.81. The summed E-state index contributed by atoms with van der Waals surface area (Å²) in [6.45, 7) is -0.0184. The third kappa shape index (κ3) is 6.09. The van der Waals surface area contributed by atoms with Gasteiger partial charge in [0.2, 0.25) is 0 Å². The Labute approximate surface area is 191 Å². The number of alkyl halides is 3. The van der Waals surface area contributed by atoms with Gasteiger partial charge in [-0.25, -0.2) is 19.1 Å². The molecule has 10 nitrogen and oxygen atoms in total. The number of hydrogen-bond acceptors (Lipinski definition) is 6. The minimum atomic E-state index is -4.51. The molecule has 13 heteroatoms. The molecule has 178 valence electrons. The molecular formula is C21H20F3N7O3. The van der Waals surface area contributed by atoms with E-state index < -0.39 is 30.8 Å². The lowest BCUT2D eigenvalue weighted by Crippen LogP contribution is -2.36. The van der Waals surface area contributed by atoms with Crippen LogP contribution in [-0.2, 0) is 4.79 Å². The molecule has 0 fully saturated rings. The van der Waals surface area contributed by atoms with Gasteiger partial charge in [0.15, 0.2) is 5.65 Å². The van der Waals surface area contributed by atoms with Gasteiger partial charge >= 0.3 is 18.2 Å². The van der Waals surface area contributed by atoms with Crippen molar-refractivity contribution in [2.24, 2.45) is 10.7 Å². The number of carboxylic acid groups (broad SMARTS) is 1. The van der Waals surface area contributed by atoms with Crippen LogP contribution in [0.4, 0.5) is 23.7 Å². The molecule has 0 aliphatic carbocycles. The van der Waals surface area contributed by atoms with Crippen molar-refractivity contribution < 1.29 is 27.9 Å². The van der Waals surface area contributed by atoms with E-state index in [1.54, 1.807) is 35.8 Å². The Hall–Kier alpha value is -4.42. The molecule has 0 aliphatic rings. The third-order valence-corrected chi connectivity index (χ3v) is 4.53. The maximum Gasteiger partial charge on any atom is 0.405 e. The zero-order valence-corrected chi connectivity index (χ0v) is 17.7. The molecule has 2 aromatic heterocycles. The summed E-state index contributed by atoms with van der Waals surface area (Å²) >= 11 is 0. The first-order chi connectivity index (χ1) is 16.1. The van der Waals surface area contributed by atoms with Gasteiger partial charge in [0, 0.05) is 34.8 Å². The van der Waals surface area contributed by atoms with Crippen LogP contribution in [0.2, 0.25) is 0 Å². The highest BCUT2D eigenvalue weighted by molar-refractivity contribution is 6.10. The summed E-state index contributed by atoms with van der Waals surface area (Å²) in [6.07, 6.45) is 1.14. The molecule has 3 rings (SSSR count). The maximum atomic E-state index is 12.3. The molecule has 0 radical (unpaired) electrons. The number of carboxylic acids is 1. The van der Waals surface area contributed by atoms with Gasteiger partial charge in [-0.3, -0.25) is 4.99 Å². The van der Waals surface area contributed by atoms with E-state index in [2.05, 4.69) is 20.4 Å². The highest BCUT2D eigenvalue weighted by atomic mass is 19.4. The van der Waals surface area contributed by atoms with E-state index in [9.17, 15) is 22.8 Å². The molecule has 0 saturated carbocycles. The number of imidazole rings is 1. The Morgan fingerprint density at radius 1 is 1.29 bits per heavy atom. The first-order valence-corrected chi connectivity index (χ1v) is 9.81. The van der Waals surface area contributed by atoms with Gasteiger partial charge in [-0.15, -0.1) is 0 Å². The zero-order valence-electron chi connectivity index (χ0n) is 17.7. The minimum absolute atomic E-state index is 0.279. The second-order valence-electron chi connectivity index (χ2n) is 7.08. The predicted octanol–water partition coefficient (Wildman–Crippen LogP) is 2.92. The number of nitrogens with zero attached hydrogens (tertiary/aromatic N) is 4. The van der Waals surface area contributed by atoms with E-state index in [0.717, 1.165) is 0 Å². The summed E-state index contributed by atoms with van der Waals surface area (Å²) in [6, 6.07) is 6.19. The molecular weight excluding hydrogens is 455 g/mol. The van der Waals surface area contributed by atoms with Crippen LogP contribution in [0.25, 0.3) is 22.5 Å². The van der Waals surface area contributed by atoms with Gasteiger partial charge in [-0.2, -0.15) is 18.3 Å². The molecule has 1 aromatic carbocycles. The fourth-order valence-corrected chi connectivity index (χ4v) is 2.81. The van der Waals surface area contributed by atoms with E-state index in [4.69, 9.17) is 10.8 Å². The number of nitrogens with one attached hydrogen (secondary N) is 2. The van der Waals surface area contributed by atoms with Gasteiger partial charge in [0.1, 0.15) is 12.6 Å². The van der Waals surface area contributed by atoms with Crippen LogP contribution < -0.4 is 16.4 Å². The number of aliphatic carboxylic acids is 1. The highest BCUT2D eigenvalue weighted by Gasteiger charge is 2.27. The summed E-state index contributed by atoms with van der Waals surface area (Å²) in [5, 5.41) is 17.4. The smallest absolute Gasteiger partial charge is 0.405 e. The van der Waals surface area contributed by atoms with Crippen molar-refractivity contribution in [3.05, 3.63) is 54.5 Å². The van der Waals surface area contributed by atoms with Crippen molar-refractivity contribution in [1.29, 1.82) is 0 Å². The Balaban J connectivity index is 1.82. The Kier molecular flexibility index (Phi) is 7.14. The van der Waals surface area contributed by atoms with Crippen molar-refractivity contribution in [2.75, 3.05) is 11.9 Å². The number of rotatable bonds is 7. The van der Waals surface area contributed by atoms with Gasteiger partial charge in [0.25, 0.3) is 0 Å². The normalized spacial score (nSPS) is 13.2. The van der Waals surface area contributed by atoms with Crippen molar-refractivity contribution >= 4 is 35.1 Å². The fourth-order valence-electron chi connectivity index (χ4n) is 2.81. The van der Waals surface area contributed by atoms with Crippen LogP contribution >= 0.6 is 0 Å². The van der Waals surface area contributed by atoms with Crippen LogP contribution in [0.5, 0.6) is 0 Å². The van der Waals surface area contributed by atoms with Gasteiger partial charge < -0.3 is 21.5 Å². The van der Waals surface area contributed by atoms with Crippen molar-refractivity contribution in [3.63, 3.8) is 0 Å². The van der Waals surface area contributed by atoms with E-state index in [1.165, 1.54) is 36.1 Å². The molecule has 2 amide bonds. The topological polar surface area (TPSA) is 147 Å². The molecule has 2 heterocycles. The lowest BCUT2D eigenvalue weighted by Gasteiger charge is -2.10. The second kappa shape index (κ2) is 10.0. The molecule has 5 N–H and O–H groups in total. The number of aliphatic imine (C=N–C) groups is 1. The molecule has 0 aliphatic heterocycles. The summed E-state index contributed by atoms with van der Waals surface area (Å²) in [4.78, 5) is 30.9. The molecule has 0 spiro atoms. The Bertz CT molecular complexity index is 1270. The fraction of sp³-hybridized carbons (Fsp3) is 0.190. The SMILES string of the molecule is CC(N=CC(=CN)c1cnn2c(-c3cccc(NC(=O)NCC(F)(F)F)c3)cnc2c1)C(=O)O. The summed E-state index contributed by atoms with van der Waals surface area (Å²) in [5.41, 5.74) is 8.56. The molecule has 0 saturated heterocycles. The van der Waals surface area contributed by atoms with E-state index in [0.29, 0.717) is 28.0 Å². The van der Waals surface area contributed by atoms with E-state index >= 15 is 0 Å². The number of halogens is 3. The van der Waals surface area contributed by atoms with Crippen LogP contribution in [-0.4, -0.2) is 56.7 Å². The number of amides is 2. The van der Waals surface area contributed by atoms with Crippen molar-refractivity contribution in [1.82, 2.24) is 19.9 Å². The molecule has 3 aromatic rings. The number of aromatic nitrogens is 3. The van der Waals surface area contributed by atoms with Gasteiger partial charge in [-0.1, -0.05) is 12.1 Å². The lowest BCUT2D eigenvalue weighted by molar-refractivity contribution is -0.138. The van der Waals surface area contributed by atoms with Crippen LogP contribution in [0, 0.1) is 0 Å². The van der Waals surface area contributed by atoms with Crippen LogP contribution in [0.15, 0.2) is 53.9 Å². The minimum Gasteiger partial charge on any atom is -0.480 e. The van der Waals surface area contributed by atoms with Crippen LogP contribution in [0.1, 0.15) is 12.5 Å². The number of carbonyl (C=O) groups is 2. The van der Waals surface area contributed by atoms with Crippen molar-refractivity contribution in [2.45, 2.75) is 19.1 Å². The average molecular weight is 475 g/mol. The summed E-state index contributed by atoms with van der Waals surface area (Å²) in [7, 11) is 0. The highest BCUT2D eigenvalue weighted by Crippen LogP contribution is 2.24. The number of urea groups is 1. The molecule has 1 unspecified atom stereocenters. The number of benzene rings is 1. The van der Waals surface area contributed by atoms with Gasteiger partial charge in [-0.05, 0) is 25.1 Å². The number of carbonyl (C=O) groups excluding carboxylic acids is 1. The molecule has 34 heavy (non-hydrogen) atoms. The first kappa shape index (κ1) is 24.2. The number of allylic oxidation sites excluding steroid dienone is 1. The zero-order chi connectivity index (χ0) is 24.9. The van der Waals surface area contributed by atoms with Crippen LogP contribution in [0.3, 0.4) is 0 Å². The number of nitrogens with two attached hydrogens (primary N) is 1. The largest absolute Gasteiger partial charge is 0.480 e. The van der Waals surface area contributed by atoms with E-state index in [-0.39, 0.29) is 5.69 Å². The standard InChI is InChI=1S/C21H20F3N7O3/c1-12(19(32)33)26-8-15(7-25)14-6-18-27-10-17(31(18)29-9-14)13-3-2-4-16(5-13)30-20(34)28-11-21(22,23)24/h2-10,12H,11,25H2,1H3,(H,32,33)(H2,28,30,34). The molecule has 0 bridgehead atoms. The monoisotopic (exact) mass is 475 g/mol. The van der Waals surface area contributed by atoms with Gasteiger partial charge in [0.05, 0.1) is 18.1 Å². The lowest BCUT2D eigenvalue weighted by atomic mass is 10.1. The number of fused-ring (bicyclic) bond motifs is 1.